The van der Waals surface area contributed by atoms with Crippen LogP contribution >= 0.6 is 0 Å². The third-order valence-corrected chi connectivity index (χ3v) is 8.09. The number of halogens is 2. The first kappa shape index (κ1) is 24.8. The molecule has 6 rings (SSSR count). The van der Waals surface area contributed by atoms with Gasteiger partial charge in [-0.2, -0.15) is 5.10 Å². The molecule has 0 aromatic carbocycles. The van der Waals surface area contributed by atoms with Gasteiger partial charge in [-0.15, -0.1) is 0 Å². The molecule has 3 aromatic rings. The Labute approximate surface area is 218 Å². The van der Waals surface area contributed by atoms with E-state index in [1.165, 1.54) is 23.7 Å². The van der Waals surface area contributed by atoms with E-state index >= 15 is 0 Å². The van der Waals surface area contributed by atoms with Crippen molar-refractivity contribution in [2.45, 2.75) is 64.0 Å². The van der Waals surface area contributed by atoms with Gasteiger partial charge in [0, 0.05) is 24.9 Å². The van der Waals surface area contributed by atoms with Crippen molar-refractivity contribution in [1.82, 2.24) is 29.4 Å². The van der Waals surface area contributed by atoms with Gasteiger partial charge in [-0.3, -0.25) is 19.1 Å². The highest BCUT2D eigenvalue weighted by Crippen LogP contribution is 2.43. The van der Waals surface area contributed by atoms with Crippen molar-refractivity contribution in [1.29, 1.82) is 0 Å². The van der Waals surface area contributed by atoms with E-state index in [9.17, 15) is 18.4 Å². The Bertz CT molecular complexity index is 1470. The summed E-state index contributed by atoms with van der Waals surface area (Å²) in [6.07, 6.45) is 4.79. The number of nitrogens with zero attached hydrogens (tertiary/aromatic N) is 5. The first-order valence-corrected chi connectivity index (χ1v) is 13.1. The average molecular weight is 528 g/mol. The summed E-state index contributed by atoms with van der Waals surface area (Å²) in [6.45, 7) is 7.25. The third-order valence-electron chi connectivity index (χ3n) is 8.09. The highest BCUT2D eigenvalue weighted by molar-refractivity contribution is 5.97. The van der Waals surface area contributed by atoms with E-state index < -0.39 is 35.9 Å². The van der Waals surface area contributed by atoms with E-state index in [-0.39, 0.29) is 24.2 Å². The summed E-state index contributed by atoms with van der Waals surface area (Å²) in [6, 6.07) is 1.61. The molecule has 1 saturated heterocycles. The van der Waals surface area contributed by atoms with Crippen molar-refractivity contribution < 1.29 is 18.3 Å². The maximum atomic E-state index is 14.0. The van der Waals surface area contributed by atoms with Crippen molar-refractivity contribution in [3.05, 3.63) is 45.8 Å². The van der Waals surface area contributed by atoms with Crippen molar-refractivity contribution >= 4 is 22.9 Å². The normalized spacial score (nSPS) is 20.2. The van der Waals surface area contributed by atoms with Gasteiger partial charge in [-0.05, 0) is 64.3 Å². The molecule has 0 unspecified atom stereocenters. The Morgan fingerprint density at radius 3 is 2.61 bits per heavy atom. The zero-order valence-corrected chi connectivity index (χ0v) is 21.5. The number of hydrogen-bond donors (Lipinski definition) is 2. The van der Waals surface area contributed by atoms with E-state index in [0.29, 0.717) is 29.3 Å². The lowest BCUT2D eigenvalue weighted by Gasteiger charge is -2.38. The molecule has 38 heavy (non-hydrogen) atoms. The van der Waals surface area contributed by atoms with Gasteiger partial charge in [0.2, 0.25) is 5.92 Å². The van der Waals surface area contributed by atoms with Crippen LogP contribution < -0.4 is 20.9 Å². The number of hydrogen-bond acceptors (Lipinski definition) is 7. The zero-order valence-electron chi connectivity index (χ0n) is 21.5. The monoisotopic (exact) mass is 527 g/mol. The van der Waals surface area contributed by atoms with Gasteiger partial charge in [0.15, 0.2) is 5.82 Å². The quantitative estimate of drug-likeness (QED) is 0.507. The van der Waals surface area contributed by atoms with E-state index in [1.807, 2.05) is 6.92 Å². The van der Waals surface area contributed by atoms with Gasteiger partial charge in [0.25, 0.3) is 11.5 Å². The van der Waals surface area contributed by atoms with Gasteiger partial charge in [-0.1, -0.05) is 0 Å². The second-order valence-electron chi connectivity index (χ2n) is 10.6. The summed E-state index contributed by atoms with van der Waals surface area (Å²) in [5, 5.41) is 10.3. The van der Waals surface area contributed by atoms with Crippen LogP contribution in [-0.4, -0.2) is 62.1 Å². The Morgan fingerprint density at radius 2 is 1.87 bits per heavy atom. The number of ether oxygens (including phenoxy) is 1. The lowest BCUT2D eigenvalue weighted by Crippen LogP contribution is -2.51. The van der Waals surface area contributed by atoms with Gasteiger partial charge in [0.05, 0.1) is 6.20 Å². The topological polar surface area (TPSA) is 106 Å². The summed E-state index contributed by atoms with van der Waals surface area (Å²) < 4.78 is 37.0. The van der Waals surface area contributed by atoms with Crippen LogP contribution in [0.15, 0.2) is 23.4 Å². The molecule has 0 atom stereocenters. The summed E-state index contributed by atoms with van der Waals surface area (Å²) in [5.41, 5.74) is 0.862. The number of rotatable bonds is 6. The van der Waals surface area contributed by atoms with Crippen LogP contribution in [0, 0.1) is 13.8 Å². The number of nitrogens with one attached hydrogen (secondary N) is 2. The Kier molecular flexibility index (Phi) is 5.89. The lowest BCUT2D eigenvalue weighted by atomic mass is 9.86. The summed E-state index contributed by atoms with van der Waals surface area (Å²) in [4.78, 5) is 33.3. The standard InChI is InChI=1S/C26H31F2N7O3/c1-16-13-18(24(37)35-20(16)23(36)32-26(35)7-5-25(27,28)6-8-26)31-22-21-17(2)19(14-34(21)30-15-29-22)38-12-11-33-9-3-4-10-33/h13-15H,3-12H2,1-2H3,(H,32,36)(H,29,30,31). The van der Waals surface area contributed by atoms with Gasteiger partial charge in [-0.25, -0.2) is 18.3 Å². The molecular weight excluding hydrogens is 496 g/mol. The van der Waals surface area contributed by atoms with Crippen LogP contribution in [0.1, 0.15) is 60.1 Å². The molecular formula is C26H31F2N7O3. The van der Waals surface area contributed by atoms with E-state index in [2.05, 4.69) is 25.6 Å². The molecule has 2 fully saturated rings. The molecule has 1 saturated carbocycles. The molecule has 3 aliphatic rings. The molecule has 2 aliphatic heterocycles. The van der Waals surface area contributed by atoms with Gasteiger partial charge in [0.1, 0.15) is 41.2 Å². The second-order valence-corrected chi connectivity index (χ2v) is 10.6. The molecule has 12 heteroatoms. The van der Waals surface area contributed by atoms with Crippen LogP contribution in [0.25, 0.3) is 5.52 Å². The number of alkyl halides is 2. The minimum atomic E-state index is -2.80. The fraction of sp³-hybridized carbons (Fsp3) is 0.538. The minimum Gasteiger partial charge on any atom is -0.490 e. The van der Waals surface area contributed by atoms with Crippen molar-refractivity contribution in [3.8, 4) is 5.75 Å². The largest absolute Gasteiger partial charge is 0.490 e. The fourth-order valence-electron chi connectivity index (χ4n) is 6.02. The molecule has 3 aromatic heterocycles. The lowest BCUT2D eigenvalue weighted by molar-refractivity contribution is -0.0667. The highest BCUT2D eigenvalue weighted by atomic mass is 19.3. The maximum absolute atomic E-state index is 14.0. The number of fused-ring (bicyclic) bond motifs is 3. The first-order chi connectivity index (χ1) is 18.2. The van der Waals surface area contributed by atoms with Crippen LogP contribution in [0.5, 0.6) is 5.75 Å². The molecule has 0 bridgehead atoms. The molecule has 202 valence electrons. The average Bonchev–Trinajstić information content (AvgIpc) is 3.58. The van der Waals surface area contributed by atoms with Crippen LogP contribution in [0.4, 0.5) is 20.3 Å². The first-order valence-electron chi connectivity index (χ1n) is 13.1. The molecule has 5 heterocycles. The van der Waals surface area contributed by atoms with Crippen molar-refractivity contribution in [2.75, 3.05) is 31.6 Å². The van der Waals surface area contributed by atoms with Crippen molar-refractivity contribution in [2.24, 2.45) is 0 Å². The molecule has 1 amide bonds. The summed E-state index contributed by atoms with van der Waals surface area (Å²) >= 11 is 0. The predicted octanol–water partition coefficient (Wildman–Crippen LogP) is 3.33. The molecule has 0 radical (unpaired) electrons. The maximum Gasteiger partial charge on any atom is 0.276 e. The number of aryl methyl sites for hydroxylation is 2. The number of amides is 1. The minimum absolute atomic E-state index is 0.0186. The number of pyridine rings is 1. The van der Waals surface area contributed by atoms with Crippen LogP contribution in [0.3, 0.4) is 0 Å². The van der Waals surface area contributed by atoms with Gasteiger partial charge < -0.3 is 15.4 Å². The van der Waals surface area contributed by atoms with E-state index in [1.54, 1.807) is 23.7 Å². The van der Waals surface area contributed by atoms with E-state index in [0.717, 1.165) is 25.2 Å². The van der Waals surface area contributed by atoms with Crippen LogP contribution in [0.2, 0.25) is 0 Å². The van der Waals surface area contributed by atoms with Gasteiger partial charge >= 0.3 is 0 Å². The van der Waals surface area contributed by atoms with Crippen LogP contribution in [-0.2, 0) is 5.66 Å². The second kappa shape index (κ2) is 9.04. The number of aromatic nitrogens is 4. The third kappa shape index (κ3) is 4.11. The zero-order chi connectivity index (χ0) is 26.7. The molecule has 1 spiro atoms. The predicted molar refractivity (Wildman–Crippen MR) is 136 cm³/mol. The Morgan fingerprint density at radius 1 is 1.13 bits per heavy atom. The number of carbonyl (C=O) groups is 1. The Hall–Kier alpha value is -3.54. The number of likely N-dealkylation sites (tertiary alicyclic amines) is 1. The fourth-order valence-corrected chi connectivity index (χ4v) is 6.02. The highest BCUT2D eigenvalue weighted by Gasteiger charge is 2.51. The SMILES string of the molecule is Cc1cc(Nc2ncnn3cc(OCCN4CCCC4)c(C)c23)c(=O)n2c1C(=O)NC21CCC(F)(F)CC1. The number of carbonyl (C=O) groups excluding carboxylic acids is 1. The molecule has 2 N–H and O–H groups in total. The Balaban J connectivity index is 1.32. The number of anilines is 2. The summed E-state index contributed by atoms with van der Waals surface area (Å²) in [5.74, 6) is -2.13. The molecule has 1 aliphatic carbocycles. The van der Waals surface area contributed by atoms with E-state index in [4.69, 9.17) is 4.74 Å². The smallest absolute Gasteiger partial charge is 0.276 e. The molecule has 10 nitrogen and oxygen atoms in total. The van der Waals surface area contributed by atoms with Crippen molar-refractivity contribution in [3.63, 3.8) is 0 Å². The summed E-state index contributed by atoms with van der Waals surface area (Å²) in [7, 11) is 0.